The molecule has 0 amide bonds. The summed E-state index contributed by atoms with van der Waals surface area (Å²) in [5.74, 6) is 1.45. The summed E-state index contributed by atoms with van der Waals surface area (Å²) >= 11 is 0. The Balaban J connectivity index is 1.54. The average Bonchev–Trinajstić information content (AvgIpc) is 2.69. The maximum atomic E-state index is 5.35. The van der Waals surface area contributed by atoms with Crippen LogP contribution in [0.2, 0.25) is 0 Å². The van der Waals surface area contributed by atoms with Crippen molar-refractivity contribution >= 4 is 6.21 Å². The zero-order valence-corrected chi connectivity index (χ0v) is 16.7. The molecule has 27 heavy (non-hydrogen) atoms. The van der Waals surface area contributed by atoms with Crippen LogP contribution in [0.3, 0.4) is 0 Å². The lowest BCUT2D eigenvalue weighted by atomic mass is 10.1. The van der Waals surface area contributed by atoms with E-state index in [1.807, 2.05) is 24.4 Å². The first-order chi connectivity index (χ1) is 13.1. The van der Waals surface area contributed by atoms with E-state index in [0.29, 0.717) is 0 Å². The predicted molar refractivity (Wildman–Crippen MR) is 110 cm³/mol. The normalized spacial score (nSPS) is 15.3. The van der Waals surface area contributed by atoms with E-state index in [4.69, 9.17) is 9.47 Å². The first-order valence-corrected chi connectivity index (χ1v) is 9.38. The van der Waals surface area contributed by atoms with Crippen LogP contribution >= 0.6 is 0 Å². The predicted octanol–water partition coefficient (Wildman–Crippen LogP) is 3.47. The second-order valence-electron chi connectivity index (χ2n) is 7.02. The minimum absolute atomic E-state index is 0.722. The summed E-state index contributed by atoms with van der Waals surface area (Å²) in [5.41, 5.74) is 5.13. The number of hydrogen-bond acceptors (Lipinski definition) is 5. The van der Waals surface area contributed by atoms with E-state index < -0.39 is 0 Å². The molecule has 0 spiro atoms. The average molecular weight is 367 g/mol. The minimum Gasteiger partial charge on any atom is -0.493 e. The van der Waals surface area contributed by atoms with Crippen LogP contribution < -0.4 is 9.47 Å². The van der Waals surface area contributed by atoms with Gasteiger partial charge in [-0.2, -0.15) is 5.10 Å². The van der Waals surface area contributed by atoms with Crippen molar-refractivity contribution in [2.75, 3.05) is 40.4 Å². The van der Waals surface area contributed by atoms with Crippen molar-refractivity contribution in [3.63, 3.8) is 0 Å². The number of benzene rings is 2. The van der Waals surface area contributed by atoms with Gasteiger partial charge >= 0.3 is 0 Å². The van der Waals surface area contributed by atoms with Crippen LogP contribution in [0.1, 0.15) is 22.3 Å². The standard InChI is InChI=1S/C22H29N3O2/c1-17-5-7-20(18(2)13-17)16-24-9-11-25(12-10-24)23-15-19-6-8-21(26-3)22(14-19)27-4/h5-8,13-15H,9-12,16H2,1-4H3/b23-15+. The van der Waals surface area contributed by atoms with Crippen molar-refractivity contribution in [1.82, 2.24) is 9.91 Å². The van der Waals surface area contributed by atoms with Gasteiger partial charge in [-0.15, -0.1) is 0 Å². The van der Waals surface area contributed by atoms with Crippen LogP contribution in [0.15, 0.2) is 41.5 Å². The minimum atomic E-state index is 0.722. The summed E-state index contributed by atoms with van der Waals surface area (Å²) < 4.78 is 10.6. The third-order valence-corrected chi connectivity index (χ3v) is 5.02. The van der Waals surface area contributed by atoms with Gasteiger partial charge in [0.05, 0.1) is 20.4 Å². The lowest BCUT2D eigenvalue weighted by molar-refractivity contribution is 0.131. The van der Waals surface area contributed by atoms with E-state index in [2.05, 4.69) is 47.1 Å². The lowest BCUT2D eigenvalue weighted by Gasteiger charge is -2.33. The summed E-state index contributed by atoms with van der Waals surface area (Å²) in [4.78, 5) is 2.50. The van der Waals surface area contributed by atoms with Crippen molar-refractivity contribution in [3.8, 4) is 11.5 Å². The number of hydrazone groups is 1. The monoisotopic (exact) mass is 367 g/mol. The second kappa shape index (κ2) is 8.91. The number of piperazine rings is 1. The van der Waals surface area contributed by atoms with E-state index in [-0.39, 0.29) is 0 Å². The Morgan fingerprint density at radius 3 is 2.33 bits per heavy atom. The van der Waals surface area contributed by atoms with E-state index in [0.717, 1.165) is 49.8 Å². The third-order valence-electron chi connectivity index (χ3n) is 5.02. The van der Waals surface area contributed by atoms with Gasteiger partial charge in [0.25, 0.3) is 0 Å². The zero-order valence-electron chi connectivity index (χ0n) is 16.7. The molecular formula is C22H29N3O2. The second-order valence-corrected chi connectivity index (χ2v) is 7.02. The molecule has 1 aliphatic heterocycles. The summed E-state index contributed by atoms with van der Waals surface area (Å²) in [5, 5.41) is 6.77. The molecule has 0 bridgehead atoms. The highest BCUT2D eigenvalue weighted by Gasteiger charge is 2.16. The topological polar surface area (TPSA) is 37.3 Å². The molecular weight excluding hydrogens is 338 g/mol. The number of hydrogen-bond donors (Lipinski definition) is 0. The number of ether oxygens (including phenoxy) is 2. The van der Waals surface area contributed by atoms with Crippen molar-refractivity contribution < 1.29 is 9.47 Å². The van der Waals surface area contributed by atoms with Gasteiger partial charge in [-0.1, -0.05) is 23.8 Å². The maximum Gasteiger partial charge on any atom is 0.161 e. The van der Waals surface area contributed by atoms with Crippen molar-refractivity contribution in [1.29, 1.82) is 0 Å². The van der Waals surface area contributed by atoms with E-state index >= 15 is 0 Å². The summed E-state index contributed by atoms with van der Waals surface area (Å²) in [6.45, 7) is 9.29. The molecule has 2 aromatic carbocycles. The molecule has 0 atom stereocenters. The quantitative estimate of drug-likeness (QED) is 0.733. The smallest absolute Gasteiger partial charge is 0.161 e. The Hall–Kier alpha value is -2.53. The molecule has 2 aromatic rings. The molecule has 0 aromatic heterocycles. The van der Waals surface area contributed by atoms with Crippen LogP contribution in [0.5, 0.6) is 11.5 Å². The van der Waals surface area contributed by atoms with Gasteiger partial charge in [0.15, 0.2) is 11.5 Å². The van der Waals surface area contributed by atoms with Crippen LogP contribution in [0, 0.1) is 13.8 Å². The molecule has 0 radical (unpaired) electrons. The van der Waals surface area contributed by atoms with Crippen molar-refractivity contribution in [2.45, 2.75) is 20.4 Å². The number of nitrogens with zero attached hydrogens (tertiary/aromatic N) is 3. The third kappa shape index (κ3) is 5.01. The zero-order chi connectivity index (χ0) is 19.2. The molecule has 1 fully saturated rings. The Bertz CT molecular complexity index is 796. The molecule has 3 rings (SSSR count). The Kier molecular flexibility index (Phi) is 6.35. The lowest BCUT2D eigenvalue weighted by Crippen LogP contribution is -2.43. The largest absolute Gasteiger partial charge is 0.493 e. The molecule has 1 aliphatic rings. The van der Waals surface area contributed by atoms with Gasteiger partial charge < -0.3 is 9.47 Å². The highest BCUT2D eigenvalue weighted by atomic mass is 16.5. The molecule has 5 nitrogen and oxygen atoms in total. The summed E-state index contributed by atoms with van der Waals surface area (Å²) in [7, 11) is 3.29. The SMILES string of the molecule is COc1ccc(/C=N/N2CCN(Cc3ccc(C)cc3C)CC2)cc1OC. The summed E-state index contributed by atoms with van der Waals surface area (Å²) in [6.07, 6.45) is 1.89. The number of rotatable bonds is 6. The highest BCUT2D eigenvalue weighted by Crippen LogP contribution is 2.27. The highest BCUT2D eigenvalue weighted by molar-refractivity contribution is 5.80. The first-order valence-electron chi connectivity index (χ1n) is 9.38. The fraction of sp³-hybridized carbons (Fsp3) is 0.409. The first kappa shape index (κ1) is 19.2. The van der Waals surface area contributed by atoms with E-state index in [1.54, 1.807) is 14.2 Å². The number of aryl methyl sites for hydroxylation is 2. The summed E-state index contributed by atoms with van der Waals surface area (Å²) in [6, 6.07) is 12.6. The van der Waals surface area contributed by atoms with Gasteiger partial charge in [-0.3, -0.25) is 9.91 Å². The molecule has 0 unspecified atom stereocenters. The Labute approximate surface area is 162 Å². The molecule has 5 heteroatoms. The Morgan fingerprint density at radius 2 is 1.67 bits per heavy atom. The molecule has 0 N–H and O–H groups in total. The fourth-order valence-corrected chi connectivity index (χ4v) is 3.36. The molecule has 144 valence electrons. The van der Waals surface area contributed by atoms with Crippen molar-refractivity contribution in [3.05, 3.63) is 58.7 Å². The van der Waals surface area contributed by atoms with Crippen molar-refractivity contribution in [2.24, 2.45) is 5.10 Å². The van der Waals surface area contributed by atoms with Gasteiger partial charge in [0, 0.05) is 32.7 Å². The van der Waals surface area contributed by atoms with E-state index in [9.17, 15) is 0 Å². The van der Waals surface area contributed by atoms with Gasteiger partial charge in [-0.05, 0) is 48.7 Å². The van der Waals surface area contributed by atoms with Gasteiger partial charge in [0.2, 0.25) is 0 Å². The van der Waals surface area contributed by atoms with Crippen LogP contribution in [0.25, 0.3) is 0 Å². The van der Waals surface area contributed by atoms with Crippen LogP contribution in [-0.2, 0) is 6.54 Å². The van der Waals surface area contributed by atoms with Crippen LogP contribution in [-0.4, -0.2) is 56.5 Å². The van der Waals surface area contributed by atoms with Gasteiger partial charge in [-0.25, -0.2) is 0 Å². The van der Waals surface area contributed by atoms with E-state index in [1.165, 1.54) is 16.7 Å². The Morgan fingerprint density at radius 1 is 0.926 bits per heavy atom. The fourth-order valence-electron chi connectivity index (χ4n) is 3.36. The molecule has 1 heterocycles. The van der Waals surface area contributed by atoms with Crippen LogP contribution in [0.4, 0.5) is 0 Å². The maximum absolute atomic E-state index is 5.35. The molecule has 1 saturated heterocycles. The number of methoxy groups -OCH3 is 2. The molecule has 0 saturated carbocycles. The van der Waals surface area contributed by atoms with Gasteiger partial charge in [0.1, 0.15) is 0 Å². The molecule has 0 aliphatic carbocycles.